The molecule has 2 fully saturated rings. The summed E-state index contributed by atoms with van der Waals surface area (Å²) in [6.45, 7) is 4.78. The van der Waals surface area contributed by atoms with Crippen LogP contribution in [0.2, 0.25) is 0 Å². The highest BCUT2D eigenvalue weighted by Gasteiger charge is 2.32. The molecule has 0 spiro atoms. The van der Waals surface area contributed by atoms with Gasteiger partial charge in [0.2, 0.25) is 0 Å². The van der Waals surface area contributed by atoms with Crippen LogP contribution in [0.5, 0.6) is 0 Å². The molecule has 2 aliphatic heterocycles. The van der Waals surface area contributed by atoms with Crippen molar-refractivity contribution in [3.8, 4) is 0 Å². The van der Waals surface area contributed by atoms with Gasteiger partial charge in [0.05, 0.1) is 10.6 Å². The lowest BCUT2D eigenvalue weighted by Crippen LogP contribution is -2.49. The van der Waals surface area contributed by atoms with E-state index in [4.69, 9.17) is 4.98 Å². The lowest BCUT2D eigenvalue weighted by molar-refractivity contribution is -0.137. The number of carbonyl (C=O) groups is 1. The molecular weight excluding hydrogens is 565 g/mol. The maximum Gasteiger partial charge on any atom is 0.416 e. The molecule has 2 saturated heterocycles. The number of alkyl halides is 3. The molecule has 0 atom stereocenters. The third-order valence-corrected chi connectivity index (χ3v) is 8.92. The smallest absolute Gasteiger partial charge is 0.368 e. The second kappa shape index (κ2) is 11.1. The minimum atomic E-state index is -4.37. The number of piperazine rings is 1. The number of thiazole rings is 1. The number of piperidine rings is 1. The summed E-state index contributed by atoms with van der Waals surface area (Å²) in [6, 6.07) is 13.7. The Morgan fingerprint density at radius 2 is 1.73 bits per heavy atom. The second-order valence-corrected chi connectivity index (χ2v) is 11.3. The maximum atomic E-state index is 13.1. The van der Waals surface area contributed by atoms with Gasteiger partial charge in [-0.25, -0.2) is 4.98 Å². The standard InChI is InChI=1S/C27H28BrF3N4OS/c28-23-7-2-1-4-20(23)17-33-10-8-19(9-11-33)25-32-24(18-37-25)26(36)35-14-12-34(13-15-35)22-6-3-5-21(16-22)27(29,30)31/h1-7,16,18-19H,8-15,17H2. The predicted octanol–water partition coefficient (Wildman–Crippen LogP) is 6.27. The van der Waals surface area contributed by atoms with Crippen molar-refractivity contribution in [2.75, 3.05) is 44.2 Å². The van der Waals surface area contributed by atoms with Gasteiger partial charge < -0.3 is 9.80 Å². The highest BCUT2D eigenvalue weighted by Crippen LogP contribution is 2.33. The first kappa shape index (κ1) is 26.2. The molecule has 37 heavy (non-hydrogen) atoms. The van der Waals surface area contributed by atoms with Gasteiger partial charge in [0, 0.05) is 54.2 Å². The van der Waals surface area contributed by atoms with Gasteiger partial charge in [-0.15, -0.1) is 11.3 Å². The molecule has 5 rings (SSSR count). The van der Waals surface area contributed by atoms with Crippen LogP contribution in [0.4, 0.5) is 18.9 Å². The van der Waals surface area contributed by atoms with Gasteiger partial charge in [0.1, 0.15) is 5.69 Å². The van der Waals surface area contributed by atoms with E-state index in [0.29, 0.717) is 43.5 Å². The predicted molar refractivity (Wildman–Crippen MR) is 143 cm³/mol. The number of nitrogens with zero attached hydrogens (tertiary/aromatic N) is 4. The van der Waals surface area contributed by atoms with E-state index < -0.39 is 11.7 Å². The third-order valence-electron chi connectivity index (χ3n) is 7.14. The third kappa shape index (κ3) is 6.18. The number of amides is 1. The van der Waals surface area contributed by atoms with E-state index in [1.807, 2.05) is 16.3 Å². The zero-order valence-corrected chi connectivity index (χ0v) is 22.7. The van der Waals surface area contributed by atoms with Crippen molar-refractivity contribution in [2.45, 2.75) is 31.5 Å². The van der Waals surface area contributed by atoms with Crippen LogP contribution < -0.4 is 4.90 Å². The fraction of sp³-hybridized carbons (Fsp3) is 0.407. The summed E-state index contributed by atoms with van der Waals surface area (Å²) in [6.07, 6.45) is -2.34. The number of benzene rings is 2. The molecule has 196 valence electrons. The van der Waals surface area contributed by atoms with Gasteiger partial charge in [0.25, 0.3) is 5.91 Å². The fourth-order valence-corrected chi connectivity index (χ4v) is 6.36. The number of halogens is 4. The van der Waals surface area contributed by atoms with Gasteiger partial charge in [-0.3, -0.25) is 9.69 Å². The number of likely N-dealkylation sites (tertiary alicyclic amines) is 1. The van der Waals surface area contributed by atoms with Crippen LogP contribution in [0.1, 0.15) is 45.4 Å². The van der Waals surface area contributed by atoms with E-state index in [-0.39, 0.29) is 5.91 Å². The Labute approximate surface area is 227 Å². The summed E-state index contributed by atoms with van der Waals surface area (Å²) in [4.78, 5) is 23.9. The van der Waals surface area contributed by atoms with Crippen LogP contribution >= 0.6 is 27.3 Å². The van der Waals surface area contributed by atoms with Crippen LogP contribution in [-0.4, -0.2) is 60.0 Å². The topological polar surface area (TPSA) is 39.7 Å². The summed E-state index contributed by atoms with van der Waals surface area (Å²) >= 11 is 5.19. The van der Waals surface area contributed by atoms with Crippen molar-refractivity contribution in [1.82, 2.24) is 14.8 Å². The SMILES string of the molecule is O=C(c1csc(C2CCN(Cc3ccccc3Br)CC2)n1)N1CCN(c2cccc(C(F)(F)F)c2)CC1. The fourth-order valence-electron chi connectivity index (χ4n) is 4.99. The van der Waals surface area contributed by atoms with Gasteiger partial charge in [-0.2, -0.15) is 13.2 Å². The lowest BCUT2D eigenvalue weighted by Gasteiger charge is -2.36. The Kier molecular flexibility index (Phi) is 7.88. The zero-order chi connectivity index (χ0) is 26.0. The molecule has 0 radical (unpaired) electrons. The molecular formula is C27H28BrF3N4OS. The Morgan fingerprint density at radius 3 is 2.43 bits per heavy atom. The van der Waals surface area contributed by atoms with E-state index in [9.17, 15) is 18.0 Å². The molecule has 3 heterocycles. The lowest BCUT2D eigenvalue weighted by atomic mass is 9.97. The average molecular weight is 594 g/mol. The van der Waals surface area contributed by atoms with Crippen molar-refractivity contribution < 1.29 is 18.0 Å². The highest BCUT2D eigenvalue weighted by molar-refractivity contribution is 9.10. The molecule has 2 aliphatic rings. The van der Waals surface area contributed by atoms with E-state index in [2.05, 4.69) is 39.0 Å². The Bertz CT molecular complexity index is 1230. The number of hydrogen-bond donors (Lipinski definition) is 0. The number of anilines is 1. The van der Waals surface area contributed by atoms with Gasteiger partial charge in [-0.1, -0.05) is 40.2 Å². The monoisotopic (exact) mass is 592 g/mol. The molecule has 0 unspecified atom stereocenters. The number of rotatable bonds is 5. The molecule has 5 nitrogen and oxygen atoms in total. The maximum absolute atomic E-state index is 13.1. The second-order valence-electron chi connectivity index (χ2n) is 9.54. The van der Waals surface area contributed by atoms with Crippen molar-refractivity contribution in [2.24, 2.45) is 0 Å². The van der Waals surface area contributed by atoms with Crippen LogP contribution in [-0.2, 0) is 12.7 Å². The minimum Gasteiger partial charge on any atom is -0.368 e. The van der Waals surface area contributed by atoms with Crippen LogP contribution in [0.15, 0.2) is 58.4 Å². The van der Waals surface area contributed by atoms with E-state index >= 15 is 0 Å². The van der Waals surface area contributed by atoms with Gasteiger partial charge in [-0.05, 0) is 55.8 Å². The quantitative estimate of drug-likeness (QED) is 0.350. The molecule has 0 N–H and O–H groups in total. The van der Waals surface area contributed by atoms with Crippen LogP contribution in [0.3, 0.4) is 0 Å². The Morgan fingerprint density at radius 1 is 1.00 bits per heavy atom. The largest absolute Gasteiger partial charge is 0.416 e. The van der Waals surface area contributed by atoms with E-state index in [0.717, 1.165) is 48.0 Å². The molecule has 1 amide bonds. The number of carbonyl (C=O) groups excluding carboxylic acids is 1. The van der Waals surface area contributed by atoms with Gasteiger partial charge >= 0.3 is 6.18 Å². The Balaban J connectivity index is 1.13. The summed E-state index contributed by atoms with van der Waals surface area (Å²) in [7, 11) is 0. The first-order valence-corrected chi connectivity index (χ1v) is 14.1. The van der Waals surface area contributed by atoms with E-state index in [1.165, 1.54) is 17.7 Å². The number of hydrogen-bond acceptors (Lipinski definition) is 5. The summed E-state index contributed by atoms with van der Waals surface area (Å²) in [5, 5.41) is 2.87. The summed E-state index contributed by atoms with van der Waals surface area (Å²) in [5.41, 5.74) is 1.64. The minimum absolute atomic E-state index is 0.0995. The zero-order valence-electron chi connectivity index (χ0n) is 20.3. The first-order valence-electron chi connectivity index (χ1n) is 12.4. The average Bonchev–Trinajstić information content (AvgIpc) is 3.40. The number of aromatic nitrogens is 1. The van der Waals surface area contributed by atoms with Crippen molar-refractivity contribution in [3.63, 3.8) is 0 Å². The molecule has 10 heteroatoms. The molecule has 0 bridgehead atoms. The normalized spacial score (nSPS) is 17.8. The van der Waals surface area contributed by atoms with Crippen LogP contribution in [0.25, 0.3) is 0 Å². The highest BCUT2D eigenvalue weighted by atomic mass is 79.9. The summed E-state index contributed by atoms with van der Waals surface area (Å²) < 4.78 is 40.3. The van der Waals surface area contributed by atoms with Gasteiger partial charge in [0.15, 0.2) is 0 Å². The van der Waals surface area contributed by atoms with Crippen LogP contribution in [0, 0.1) is 0 Å². The Hall–Kier alpha value is -2.43. The molecule has 3 aromatic rings. The van der Waals surface area contributed by atoms with Crippen molar-refractivity contribution >= 4 is 38.9 Å². The molecule has 2 aromatic carbocycles. The van der Waals surface area contributed by atoms with Crippen molar-refractivity contribution in [1.29, 1.82) is 0 Å². The van der Waals surface area contributed by atoms with E-state index in [1.54, 1.807) is 22.3 Å². The first-order chi connectivity index (χ1) is 17.8. The van der Waals surface area contributed by atoms with Crippen molar-refractivity contribution in [3.05, 3.63) is 80.2 Å². The summed E-state index contributed by atoms with van der Waals surface area (Å²) in [5.74, 6) is 0.261. The molecule has 0 saturated carbocycles. The molecule has 0 aliphatic carbocycles. The molecule has 1 aromatic heterocycles.